The van der Waals surface area contributed by atoms with Crippen LogP contribution >= 0.6 is 11.8 Å². The van der Waals surface area contributed by atoms with Crippen molar-refractivity contribution in [2.24, 2.45) is 10.5 Å². The van der Waals surface area contributed by atoms with Gasteiger partial charge in [-0.25, -0.2) is 5.43 Å². The molecule has 0 bridgehead atoms. The summed E-state index contributed by atoms with van der Waals surface area (Å²) in [6.07, 6.45) is 0.472. The molecule has 0 aliphatic carbocycles. The second kappa shape index (κ2) is 7.48. The second-order valence-corrected chi connectivity index (χ2v) is 7.06. The molecule has 0 aliphatic heterocycles. The minimum absolute atomic E-state index is 0.00999. The number of hydrogen-bond donors (Lipinski definition) is 1. The second-order valence-electron chi connectivity index (χ2n) is 5.89. The van der Waals surface area contributed by atoms with E-state index in [1.54, 1.807) is 11.8 Å². The summed E-state index contributed by atoms with van der Waals surface area (Å²) in [5, 5.41) is 4.14. The number of carbonyl (C=O) groups is 1. The molecule has 0 fully saturated rings. The summed E-state index contributed by atoms with van der Waals surface area (Å²) < 4.78 is 0. The molecule has 0 radical (unpaired) electrons. The van der Waals surface area contributed by atoms with E-state index >= 15 is 0 Å². The molecule has 1 aromatic rings. The molecule has 0 aromatic heterocycles. The predicted octanol–water partition coefficient (Wildman–Crippen LogP) is 4.02. The first-order chi connectivity index (χ1) is 9.29. The van der Waals surface area contributed by atoms with Crippen LogP contribution in [0.1, 0.15) is 39.7 Å². The monoisotopic (exact) mass is 292 g/mol. The Kier molecular flexibility index (Phi) is 6.27. The number of carbonyl (C=O) groups excluding carboxylic acids is 1. The summed E-state index contributed by atoms with van der Waals surface area (Å²) in [6, 6.07) is 8.33. The van der Waals surface area contributed by atoms with E-state index in [9.17, 15) is 4.79 Å². The van der Waals surface area contributed by atoms with E-state index in [1.807, 2.05) is 6.92 Å². The molecule has 110 valence electrons. The average Bonchev–Trinajstić information content (AvgIpc) is 2.37. The third-order valence-corrected chi connectivity index (χ3v) is 4.07. The third-order valence-electron chi connectivity index (χ3n) is 3.05. The number of hydrogen-bond acceptors (Lipinski definition) is 3. The zero-order chi connectivity index (χ0) is 15.2. The van der Waals surface area contributed by atoms with E-state index in [-0.39, 0.29) is 11.3 Å². The zero-order valence-corrected chi connectivity index (χ0v) is 13.8. The molecule has 20 heavy (non-hydrogen) atoms. The fraction of sp³-hybridized carbons (Fsp3) is 0.500. The SMILES string of the molecule is C/C(=N/NC(=O)CCSc1ccc(C)cc1)C(C)(C)C. The Hall–Kier alpha value is -1.29. The van der Waals surface area contributed by atoms with Crippen LogP contribution in [0.2, 0.25) is 0 Å². The van der Waals surface area contributed by atoms with Gasteiger partial charge in [0.05, 0.1) is 0 Å². The molecule has 4 heteroatoms. The largest absolute Gasteiger partial charge is 0.273 e. The zero-order valence-electron chi connectivity index (χ0n) is 13.0. The molecule has 0 atom stereocenters. The van der Waals surface area contributed by atoms with Crippen molar-refractivity contribution in [3.8, 4) is 0 Å². The molecule has 1 aromatic carbocycles. The van der Waals surface area contributed by atoms with Gasteiger partial charge in [-0.05, 0) is 26.0 Å². The van der Waals surface area contributed by atoms with E-state index in [0.29, 0.717) is 6.42 Å². The molecular formula is C16H24N2OS. The third kappa shape index (κ3) is 6.24. The summed E-state index contributed by atoms with van der Waals surface area (Å²) in [5.41, 5.74) is 4.79. The molecule has 1 N–H and O–H groups in total. The van der Waals surface area contributed by atoms with Gasteiger partial charge < -0.3 is 0 Å². The smallest absolute Gasteiger partial charge is 0.240 e. The normalized spacial score (nSPS) is 12.3. The van der Waals surface area contributed by atoms with E-state index < -0.39 is 0 Å². The van der Waals surface area contributed by atoms with Crippen LogP contribution in [0, 0.1) is 12.3 Å². The van der Waals surface area contributed by atoms with Crippen molar-refractivity contribution in [3.63, 3.8) is 0 Å². The Morgan fingerprint density at radius 3 is 2.40 bits per heavy atom. The van der Waals surface area contributed by atoms with Gasteiger partial charge in [-0.1, -0.05) is 38.5 Å². The number of nitrogens with one attached hydrogen (secondary N) is 1. The van der Waals surface area contributed by atoms with Gasteiger partial charge in [0.1, 0.15) is 0 Å². The van der Waals surface area contributed by atoms with Gasteiger partial charge in [-0.3, -0.25) is 4.79 Å². The van der Waals surface area contributed by atoms with Gasteiger partial charge in [0.25, 0.3) is 0 Å². The first kappa shape index (κ1) is 16.8. The number of benzene rings is 1. The summed E-state index contributed by atoms with van der Waals surface area (Å²) in [7, 11) is 0. The predicted molar refractivity (Wildman–Crippen MR) is 87.2 cm³/mol. The first-order valence-corrected chi connectivity index (χ1v) is 7.80. The first-order valence-electron chi connectivity index (χ1n) is 6.82. The van der Waals surface area contributed by atoms with Crippen LogP contribution < -0.4 is 5.43 Å². The van der Waals surface area contributed by atoms with Crippen LogP contribution in [-0.4, -0.2) is 17.4 Å². The van der Waals surface area contributed by atoms with Crippen molar-refractivity contribution in [2.75, 3.05) is 5.75 Å². The van der Waals surface area contributed by atoms with Gasteiger partial charge in [0.2, 0.25) is 5.91 Å². The number of thioether (sulfide) groups is 1. The molecule has 1 rings (SSSR count). The van der Waals surface area contributed by atoms with Gasteiger partial charge >= 0.3 is 0 Å². The molecule has 0 saturated heterocycles. The maximum absolute atomic E-state index is 11.7. The van der Waals surface area contributed by atoms with Gasteiger partial charge in [-0.2, -0.15) is 5.10 Å². The minimum Gasteiger partial charge on any atom is -0.273 e. The highest BCUT2D eigenvalue weighted by molar-refractivity contribution is 7.99. The maximum atomic E-state index is 11.7. The lowest BCUT2D eigenvalue weighted by molar-refractivity contribution is -0.120. The molecule has 0 unspecified atom stereocenters. The fourth-order valence-electron chi connectivity index (χ4n) is 1.27. The fourth-order valence-corrected chi connectivity index (χ4v) is 2.12. The lowest BCUT2D eigenvalue weighted by Crippen LogP contribution is -2.24. The molecule has 0 spiro atoms. The van der Waals surface area contributed by atoms with Crippen LogP contribution in [0.25, 0.3) is 0 Å². The van der Waals surface area contributed by atoms with Crippen LogP contribution in [0.15, 0.2) is 34.3 Å². The number of nitrogens with zero attached hydrogens (tertiary/aromatic N) is 1. The standard InChI is InChI=1S/C16H24N2OS/c1-12-6-8-14(9-7-12)20-11-10-15(19)18-17-13(2)16(3,4)5/h6-9H,10-11H2,1-5H3,(H,18,19)/b17-13-. The molecule has 0 saturated carbocycles. The average molecular weight is 292 g/mol. The van der Waals surface area contributed by atoms with E-state index in [4.69, 9.17) is 0 Å². The van der Waals surface area contributed by atoms with Crippen molar-refractivity contribution >= 4 is 23.4 Å². The lowest BCUT2D eigenvalue weighted by Gasteiger charge is -2.17. The van der Waals surface area contributed by atoms with E-state index in [2.05, 4.69) is 62.5 Å². The molecule has 0 aliphatic rings. The Morgan fingerprint density at radius 1 is 1.25 bits per heavy atom. The number of amides is 1. The number of hydrazone groups is 1. The Bertz CT molecular complexity index is 472. The molecule has 1 amide bonds. The van der Waals surface area contributed by atoms with Gasteiger partial charge in [0, 0.05) is 28.2 Å². The van der Waals surface area contributed by atoms with Gasteiger partial charge in [-0.15, -0.1) is 11.8 Å². The summed E-state index contributed by atoms with van der Waals surface area (Å²) in [6.45, 7) is 10.2. The number of aryl methyl sites for hydroxylation is 1. The molecular weight excluding hydrogens is 268 g/mol. The Balaban J connectivity index is 2.32. The maximum Gasteiger partial charge on any atom is 0.240 e. The minimum atomic E-state index is -0.0341. The Morgan fingerprint density at radius 2 is 1.85 bits per heavy atom. The molecule has 3 nitrogen and oxygen atoms in total. The van der Waals surface area contributed by atoms with Crippen LogP contribution in [0.4, 0.5) is 0 Å². The van der Waals surface area contributed by atoms with Crippen LogP contribution in [0.5, 0.6) is 0 Å². The van der Waals surface area contributed by atoms with E-state index in [1.165, 1.54) is 10.5 Å². The van der Waals surface area contributed by atoms with Crippen molar-refractivity contribution in [1.82, 2.24) is 5.43 Å². The highest BCUT2D eigenvalue weighted by Gasteiger charge is 2.14. The van der Waals surface area contributed by atoms with Crippen molar-refractivity contribution in [1.29, 1.82) is 0 Å². The highest BCUT2D eigenvalue weighted by atomic mass is 32.2. The van der Waals surface area contributed by atoms with Crippen LogP contribution in [0.3, 0.4) is 0 Å². The lowest BCUT2D eigenvalue weighted by atomic mass is 9.91. The summed E-state index contributed by atoms with van der Waals surface area (Å²) >= 11 is 1.69. The van der Waals surface area contributed by atoms with Crippen molar-refractivity contribution in [3.05, 3.63) is 29.8 Å². The quantitative estimate of drug-likeness (QED) is 0.506. The van der Waals surface area contributed by atoms with Crippen molar-refractivity contribution in [2.45, 2.75) is 45.9 Å². The van der Waals surface area contributed by atoms with Crippen LogP contribution in [-0.2, 0) is 4.79 Å². The van der Waals surface area contributed by atoms with E-state index in [0.717, 1.165) is 11.5 Å². The highest BCUT2D eigenvalue weighted by Crippen LogP contribution is 2.19. The topological polar surface area (TPSA) is 41.5 Å². The summed E-state index contributed by atoms with van der Waals surface area (Å²) in [4.78, 5) is 12.9. The van der Waals surface area contributed by atoms with Gasteiger partial charge in [0.15, 0.2) is 0 Å². The Labute approximate surface area is 126 Å². The van der Waals surface area contributed by atoms with Crippen molar-refractivity contribution < 1.29 is 4.79 Å². The summed E-state index contributed by atoms with van der Waals surface area (Å²) in [5.74, 6) is 0.729. The molecule has 0 heterocycles. The number of rotatable bonds is 5.